The van der Waals surface area contributed by atoms with Gasteiger partial charge in [-0.1, -0.05) is 30.3 Å². The van der Waals surface area contributed by atoms with Crippen molar-refractivity contribution in [3.05, 3.63) is 68.6 Å². The van der Waals surface area contributed by atoms with E-state index in [2.05, 4.69) is 17.1 Å². The minimum atomic E-state index is -0.362. The number of aromatic nitrogens is 1. The Morgan fingerprint density at radius 2 is 2.04 bits per heavy atom. The molecule has 1 atom stereocenters. The molecule has 0 unspecified atom stereocenters. The van der Waals surface area contributed by atoms with Crippen LogP contribution in [0.1, 0.15) is 46.8 Å². The highest BCUT2D eigenvalue weighted by Crippen LogP contribution is 2.33. The lowest BCUT2D eigenvalue weighted by molar-refractivity contribution is -0.139. The maximum atomic E-state index is 12.6. The van der Waals surface area contributed by atoms with Gasteiger partial charge in [-0.2, -0.15) is 5.26 Å². The number of benzene rings is 1. The van der Waals surface area contributed by atoms with Gasteiger partial charge in [0.1, 0.15) is 11.6 Å². The SMILES string of the molecule is Cc1[nH]c(=O)c(C#N)c(C)c1CCC(=O)N1CC[C@@H]1c1ccccc1. The maximum Gasteiger partial charge on any atom is 0.266 e. The molecule has 25 heavy (non-hydrogen) atoms. The van der Waals surface area contributed by atoms with Crippen molar-refractivity contribution < 1.29 is 4.79 Å². The number of hydrogen-bond donors (Lipinski definition) is 1. The summed E-state index contributed by atoms with van der Waals surface area (Å²) >= 11 is 0. The van der Waals surface area contributed by atoms with Crippen molar-refractivity contribution >= 4 is 5.91 Å². The van der Waals surface area contributed by atoms with Crippen LogP contribution in [0.5, 0.6) is 0 Å². The summed E-state index contributed by atoms with van der Waals surface area (Å²) in [6.07, 6.45) is 1.90. The number of pyridine rings is 1. The Morgan fingerprint density at radius 3 is 2.64 bits per heavy atom. The molecule has 3 rings (SSSR count). The molecule has 0 spiro atoms. The molecule has 5 nitrogen and oxygen atoms in total. The first kappa shape index (κ1) is 17.0. The van der Waals surface area contributed by atoms with E-state index in [0.29, 0.717) is 18.4 Å². The highest BCUT2D eigenvalue weighted by molar-refractivity contribution is 5.78. The third-order valence-corrected chi connectivity index (χ3v) is 5.03. The van der Waals surface area contributed by atoms with Gasteiger partial charge in [-0.25, -0.2) is 0 Å². The monoisotopic (exact) mass is 335 g/mol. The van der Waals surface area contributed by atoms with Gasteiger partial charge in [0, 0.05) is 18.7 Å². The number of nitrogens with one attached hydrogen (secondary N) is 1. The molecule has 1 N–H and O–H groups in total. The van der Waals surface area contributed by atoms with Crippen LogP contribution >= 0.6 is 0 Å². The Labute approximate surface area is 146 Å². The van der Waals surface area contributed by atoms with E-state index in [4.69, 9.17) is 5.26 Å². The fourth-order valence-electron chi connectivity index (χ4n) is 3.50. The first-order valence-corrected chi connectivity index (χ1v) is 8.49. The first-order chi connectivity index (χ1) is 12.0. The van der Waals surface area contributed by atoms with Crippen LogP contribution in [0.2, 0.25) is 0 Å². The van der Waals surface area contributed by atoms with Crippen LogP contribution in [0.15, 0.2) is 35.1 Å². The molecule has 0 radical (unpaired) electrons. The topological polar surface area (TPSA) is 77.0 Å². The molecule has 1 aliphatic rings. The van der Waals surface area contributed by atoms with Gasteiger partial charge in [0.25, 0.3) is 5.56 Å². The molecule has 5 heteroatoms. The van der Waals surface area contributed by atoms with Crippen LogP contribution in [0.3, 0.4) is 0 Å². The number of likely N-dealkylation sites (tertiary alicyclic amines) is 1. The van der Waals surface area contributed by atoms with Crippen LogP contribution in [0.25, 0.3) is 0 Å². The van der Waals surface area contributed by atoms with E-state index in [0.717, 1.165) is 24.2 Å². The van der Waals surface area contributed by atoms with Gasteiger partial charge in [0.2, 0.25) is 5.91 Å². The summed E-state index contributed by atoms with van der Waals surface area (Å²) in [7, 11) is 0. The number of nitrogens with zero attached hydrogens (tertiary/aromatic N) is 2. The van der Waals surface area contributed by atoms with E-state index in [1.165, 1.54) is 5.56 Å². The average molecular weight is 335 g/mol. The number of rotatable bonds is 4. The van der Waals surface area contributed by atoms with E-state index in [1.807, 2.05) is 36.1 Å². The molecule has 2 aromatic rings. The normalized spacial score (nSPS) is 16.2. The van der Waals surface area contributed by atoms with Crippen LogP contribution in [0.4, 0.5) is 0 Å². The number of nitriles is 1. The molecule has 0 saturated carbocycles. The summed E-state index contributed by atoms with van der Waals surface area (Å²) in [5, 5.41) is 9.14. The third-order valence-electron chi connectivity index (χ3n) is 5.03. The van der Waals surface area contributed by atoms with Crippen molar-refractivity contribution in [3.63, 3.8) is 0 Å². The fourth-order valence-corrected chi connectivity index (χ4v) is 3.50. The molecule has 2 heterocycles. The van der Waals surface area contributed by atoms with Gasteiger partial charge in [-0.05, 0) is 43.4 Å². The van der Waals surface area contributed by atoms with Crippen molar-refractivity contribution in [2.45, 2.75) is 39.2 Å². The van der Waals surface area contributed by atoms with Crippen molar-refractivity contribution in [3.8, 4) is 6.07 Å². The molecule has 128 valence electrons. The van der Waals surface area contributed by atoms with E-state index >= 15 is 0 Å². The second-order valence-electron chi connectivity index (χ2n) is 6.47. The van der Waals surface area contributed by atoms with Crippen LogP contribution in [-0.2, 0) is 11.2 Å². The lowest BCUT2D eigenvalue weighted by atomic mass is 9.93. The van der Waals surface area contributed by atoms with E-state index in [9.17, 15) is 9.59 Å². The summed E-state index contributed by atoms with van der Waals surface area (Å²) in [6, 6.07) is 12.2. The molecule has 1 saturated heterocycles. The summed E-state index contributed by atoms with van der Waals surface area (Å²) in [6.45, 7) is 4.37. The molecular weight excluding hydrogens is 314 g/mol. The van der Waals surface area contributed by atoms with Crippen LogP contribution in [0, 0.1) is 25.2 Å². The second-order valence-corrected chi connectivity index (χ2v) is 6.47. The fraction of sp³-hybridized carbons (Fsp3) is 0.350. The van der Waals surface area contributed by atoms with E-state index < -0.39 is 0 Å². The average Bonchev–Trinajstić information content (AvgIpc) is 2.54. The molecule has 1 amide bonds. The zero-order chi connectivity index (χ0) is 18.0. The van der Waals surface area contributed by atoms with Crippen LogP contribution < -0.4 is 5.56 Å². The van der Waals surface area contributed by atoms with Gasteiger partial charge in [0.05, 0.1) is 6.04 Å². The third kappa shape index (κ3) is 3.20. The van der Waals surface area contributed by atoms with Crippen LogP contribution in [-0.4, -0.2) is 22.3 Å². The summed E-state index contributed by atoms with van der Waals surface area (Å²) in [4.78, 5) is 29.0. The van der Waals surface area contributed by atoms with E-state index in [-0.39, 0.29) is 23.1 Å². The molecule has 0 aliphatic carbocycles. The molecule has 1 fully saturated rings. The Bertz CT molecular complexity index is 894. The summed E-state index contributed by atoms with van der Waals surface area (Å²) < 4.78 is 0. The number of aryl methyl sites for hydroxylation is 1. The van der Waals surface area contributed by atoms with Gasteiger partial charge < -0.3 is 9.88 Å². The lowest BCUT2D eigenvalue weighted by Gasteiger charge is -2.41. The number of aromatic amines is 1. The van der Waals surface area contributed by atoms with Crippen molar-refractivity contribution in [1.29, 1.82) is 5.26 Å². The largest absolute Gasteiger partial charge is 0.335 e. The van der Waals surface area contributed by atoms with Gasteiger partial charge in [-0.15, -0.1) is 0 Å². The number of carbonyl (C=O) groups is 1. The Morgan fingerprint density at radius 1 is 1.32 bits per heavy atom. The number of H-pyrrole nitrogens is 1. The Kier molecular flexibility index (Phi) is 4.71. The van der Waals surface area contributed by atoms with Gasteiger partial charge >= 0.3 is 0 Å². The van der Waals surface area contributed by atoms with Crippen molar-refractivity contribution in [2.24, 2.45) is 0 Å². The first-order valence-electron chi connectivity index (χ1n) is 8.49. The predicted octanol–water partition coefficient (Wildman–Crippen LogP) is 2.77. The highest BCUT2D eigenvalue weighted by atomic mass is 16.2. The quantitative estimate of drug-likeness (QED) is 0.933. The summed E-state index contributed by atoms with van der Waals surface area (Å²) in [5.41, 5.74) is 3.25. The number of amides is 1. The number of carbonyl (C=O) groups excluding carboxylic acids is 1. The van der Waals surface area contributed by atoms with E-state index in [1.54, 1.807) is 6.92 Å². The predicted molar refractivity (Wildman–Crippen MR) is 95.1 cm³/mol. The van der Waals surface area contributed by atoms with Crippen molar-refractivity contribution in [2.75, 3.05) is 6.54 Å². The maximum absolute atomic E-state index is 12.6. The molecular formula is C20H21N3O2. The molecule has 1 aromatic carbocycles. The highest BCUT2D eigenvalue weighted by Gasteiger charge is 2.32. The minimum Gasteiger partial charge on any atom is -0.335 e. The smallest absolute Gasteiger partial charge is 0.266 e. The Hall–Kier alpha value is -2.87. The molecule has 1 aliphatic heterocycles. The minimum absolute atomic E-state index is 0.114. The second kappa shape index (κ2) is 6.94. The molecule has 1 aromatic heterocycles. The zero-order valence-electron chi connectivity index (χ0n) is 14.5. The van der Waals surface area contributed by atoms with Gasteiger partial charge in [-0.3, -0.25) is 9.59 Å². The lowest BCUT2D eigenvalue weighted by Crippen LogP contribution is -2.45. The summed E-state index contributed by atoms with van der Waals surface area (Å²) in [5.74, 6) is 0.114. The van der Waals surface area contributed by atoms with Gasteiger partial charge in [0.15, 0.2) is 0 Å². The molecule has 0 bridgehead atoms. The Balaban J connectivity index is 1.72. The zero-order valence-corrected chi connectivity index (χ0v) is 14.5. The number of hydrogen-bond acceptors (Lipinski definition) is 3. The van der Waals surface area contributed by atoms with Crippen molar-refractivity contribution in [1.82, 2.24) is 9.88 Å². The standard InChI is InChI=1S/C20H21N3O2/c1-13-16(14(2)22-20(25)17(13)12-21)8-9-19(24)23-11-10-18(23)15-6-4-3-5-7-15/h3-7,18H,8-11H2,1-2H3,(H,22,25)/t18-/m1/s1.